The molecule has 0 radical (unpaired) electrons. The Balaban J connectivity index is 2.01. The summed E-state index contributed by atoms with van der Waals surface area (Å²) in [5.74, 6) is 2.91. The van der Waals surface area contributed by atoms with Gasteiger partial charge in [-0.15, -0.1) is 0 Å². The van der Waals surface area contributed by atoms with Crippen molar-refractivity contribution in [3.8, 4) is 11.8 Å². The van der Waals surface area contributed by atoms with Crippen LogP contribution in [-0.2, 0) is 62.6 Å². The van der Waals surface area contributed by atoms with Crippen LogP contribution in [0.3, 0.4) is 0 Å². The molecule has 0 fully saturated rings. The lowest BCUT2D eigenvalue weighted by atomic mass is 10.0. The number of hydrogen-bond acceptors (Lipinski definition) is 9. The highest BCUT2D eigenvalue weighted by Crippen LogP contribution is 2.22. The van der Waals surface area contributed by atoms with Crippen molar-refractivity contribution in [1.82, 2.24) is 0 Å². The Morgan fingerprint density at radius 1 is 0.651 bits per heavy atom. The molecule has 0 amide bonds. The second kappa shape index (κ2) is 18.1. The molecule has 9 nitrogen and oxygen atoms in total. The fourth-order valence-corrected chi connectivity index (χ4v) is 4.12. The Morgan fingerprint density at radius 3 is 1.58 bits per heavy atom. The van der Waals surface area contributed by atoms with Crippen LogP contribution < -0.4 is 0 Å². The Labute approximate surface area is 252 Å². The molecule has 0 unspecified atom stereocenters. The molecule has 3 aromatic carbocycles. The predicted molar refractivity (Wildman–Crippen MR) is 157 cm³/mol. The van der Waals surface area contributed by atoms with E-state index in [-0.39, 0.29) is 26.4 Å². The number of hydrogen-bond donors (Lipinski definition) is 0. The van der Waals surface area contributed by atoms with Gasteiger partial charge in [-0.25, -0.2) is 4.79 Å². The summed E-state index contributed by atoms with van der Waals surface area (Å²) in [7, 11) is 1.19. The largest absolute Gasteiger partial charge is 0.459 e. The van der Waals surface area contributed by atoms with Crippen LogP contribution in [0.5, 0.6) is 0 Å². The van der Waals surface area contributed by atoms with E-state index in [1.165, 1.54) is 21.0 Å². The highest BCUT2D eigenvalue weighted by molar-refractivity contribution is 5.88. The van der Waals surface area contributed by atoms with E-state index in [0.29, 0.717) is 0 Å². The molecule has 226 valence electrons. The Morgan fingerprint density at radius 2 is 1.12 bits per heavy atom. The van der Waals surface area contributed by atoms with Gasteiger partial charge in [0, 0.05) is 19.8 Å². The van der Waals surface area contributed by atoms with Crippen molar-refractivity contribution in [1.29, 1.82) is 0 Å². The second-order valence-corrected chi connectivity index (χ2v) is 9.46. The average molecular weight is 589 g/mol. The lowest BCUT2D eigenvalue weighted by Crippen LogP contribution is -2.51. The molecule has 0 saturated heterocycles. The van der Waals surface area contributed by atoms with Crippen molar-refractivity contribution >= 4 is 17.9 Å². The lowest BCUT2D eigenvalue weighted by molar-refractivity contribution is -0.195. The summed E-state index contributed by atoms with van der Waals surface area (Å²) in [5, 5.41) is 0. The fraction of sp³-hybridized carbons (Fsp3) is 0.324. The maximum Gasteiger partial charge on any atom is 0.384 e. The van der Waals surface area contributed by atoms with E-state index >= 15 is 0 Å². The third-order valence-corrected chi connectivity index (χ3v) is 6.06. The van der Waals surface area contributed by atoms with Gasteiger partial charge in [-0.1, -0.05) is 91.0 Å². The zero-order chi connectivity index (χ0) is 30.9. The molecule has 9 heteroatoms. The van der Waals surface area contributed by atoms with Crippen molar-refractivity contribution in [2.45, 2.75) is 58.1 Å². The molecule has 0 aliphatic heterocycles. The number of rotatable bonds is 15. The Kier molecular flexibility index (Phi) is 13.9. The maximum absolute atomic E-state index is 12.3. The first kappa shape index (κ1) is 33.0. The van der Waals surface area contributed by atoms with Crippen LogP contribution in [0, 0.1) is 11.8 Å². The molecule has 0 aromatic heterocycles. The van der Waals surface area contributed by atoms with Crippen molar-refractivity contribution in [3.05, 3.63) is 108 Å². The monoisotopic (exact) mass is 588 g/mol. The summed E-state index contributed by atoms with van der Waals surface area (Å²) in [6.07, 6.45) is -4.49. The van der Waals surface area contributed by atoms with Crippen LogP contribution >= 0.6 is 0 Å². The SMILES string of the molecule is COC(=O)C#C[C@@H](OC(C)=O)[C@H](OCc1ccccc1)[C@H](OCc1ccccc1)[C@@H](COCc1ccccc1)OC(C)=O. The minimum absolute atomic E-state index is 0.0731. The summed E-state index contributed by atoms with van der Waals surface area (Å²) in [5.41, 5.74) is 2.58. The van der Waals surface area contributed by atoms with Gasteiger partial charge in [0.15, 0.2) is 12.2 Å². The normalized spacial score (nSPS) is 13.4. The standard InChI is InChI=1S/C34H36O9/c1-25(35)42-30(19-20-32(37)38-3)33(40-22-28-15-9-5-10-16-28)34(41-23-29-17-11-6-12-18-29)31(43-26(2)36)24-39-21-27-13-7-4-8-14-27/h4-18,30-31,33-34H,21-24H2,1-3H3/t30-,31-,33+,34-/m1/s1. The Hall–Kier alpha value is -4.49. The summed E-state index contributed by atoms with van der Waals surface area (Å²) in [6, 6.07) is 28.2. The van der Waals surface area contributed by atoms with E-state index in [1.807, 2.05) is 91.0 Å². The molecule has 0 aliphatic rings. The van der Waals surface area contributed by atoms with E-state index in [2.05, 4.69) is 16.6 Å². The van der Waals surface area contributed by atoms with Gasteiger partial charge in [0.25, 0.3) is 0 Å². The average Bonchev–Trinajstić information content (AvgIpc) is 3.01. The molecule has 0 N–H and O–H groups in total. The molecule has 4 atom stereocenters. The molecule has 3 aromatic rings. The Bertz CT molecular complexity index is 1330. The minimum Gasteiger partial charge on any atom is -0.459 e. The molecular formula is C34H36O9. The number of benzene rings is 3. The van der Waals surface area contributed by atoms with E-state index in [4.69, 9.17) is 23.7 Å². The fourth-order valence-electron chi connectivity index (χ4n) is 4.12. The van der Waals surface area contributed by atoms with E-state index in [9.17, 15) is 14.4 Å². The molecule has 0 heterocycles. The van der Waals surface area contributed by atoms with Gasteiger partial charge in [0.05, 0.1) is 33.5 Å². The third kappa shape index (κ3) is 12.1. The van der Waals surface area contributed by atoms with Crippen molar-refractivity contribution < 1.29 is 42.8 Å². The van der Waals surface area contributed by atoms with Crippen LogP contribution in [0.1, 0.15) is 30.5 Å². The smallest absolute Gasteiger partial charge is 0.384 e. The van der Waals surface area contributed by atoms with Crippen LogP contribution in [0.15, 0.2) is 91.0 Å². The number of ether oxygens (including phenoxy) is 6. The van der Waals surface area contributed by atoms with E-state index in [1.54, 1.807) is 0 Å². The molecule has 3 rings (SSSR count). The molecule has 0 bridgehead atoms. The topological polar surface area (TPSA) is 107 Å². The minimum atomic E-state index is -1.30. The highest BCUT2D eigenvalue weighted by Gasteiger charge is 2.40. The summed E-state index contributed by atoms with van der Waals surface area (Å²) < 4.78 is 34.6. The van der Waals surface area contributed by atoms with Crippen molar-refractivity contribution in [2.24, 2.45) is 0 Å². The van der Waals surface area contributed by atoms with Gasteiger partial charge in [-0.3, -0.25) is 9.59 Å². The molecule has 0 spiro atoms. The van der Waals surface area contributed by atoms with Gasteiger partial charge in [-0.2, -0.15) is 0 Å². The molecular weight excluding hydrogens is 552 g/mol. The third-order valence-electron chi connectivity index (χ3n) is 6.06. The van der Waals surface area contributed by atoms with Gasteiger partial charge in [-0.05, 0) is 22.6 Å². The van der Waals surface area contributed by atoms with Crippen LogP contribution in [-0.4, -0.2) is 56.0 Å². The van der Waals surface area contributed by atoms with Crippen LogP contribution in [0.25, 0.3) is 0 Å². The predicted octanol–water partition coefficient (Wildman–Crippen LogP) is 4.41. The van der Waals surface area contributed by atoms with Gasteiger partial charge in [0.2, 0.25) is 0 Å². The number of esters is 3. The van der Waals surface area contributed by atoms with Crippen LogP contribution in [0.2, 0.25) is 0 Å². The molecule has 0 aliphatic carbocycles. The number of carbonyl (C=O) groups excluding carboxylic acids is 3. The lowest BCUT2D eigenvalue weighted by Gasteiger charge is -2.35. The van der Waals surface area contributed by atoms with Gasteiger partial charge < -0.3 is 28.4 Å². The summed E-state index contributed by atoms with van der Waals surface area (Å²) >= 11 is 0. The summed E-state index contributed by atoms with van der Waals surface area (Å²) in [6.45, 7) is 2.84. The van der Waals surface area contributed by atoms with E-state index in [0.717, 1.165) is 16.7 Å². The van der Waals surface area contributed by atoms with Gasteiger partial charge >= 0.3 is 17.9 Å². The zero-order valence-electron chi connectivity index (χ0n) is 24.5. The molecule has 0 saturated carbocycles. The van der Waals surface area contributed by atoms with E-state index < -0.39 is 42.3 Å². The first-order chi connectivity index (χ1) is 20.9. The van der Waals surface area contributed by atoms with Crippen LogP contribution in [0.4, 0.5) is 0 Å². The quantitative estimate of drug-likeness (QED) is 0.110. The zero-order valence-corrected chi connectivity index (χ0v) is 24.5. The maximum atomic E-state index is 12.3. The number of methoxy groups -OCH3 is 1. The summed E-state index contributed by atoms with van der Waals surface area (Å²) in [4.78, 5) is 36.5. The second-order valence-electron chi connectivity index (χ2n) is 9.46. The van der Waals surface area contributed by atoms with Crippen molar-refractivity contribution in [3.63, 3.8) is 0 Å². The van der Waals surface area contributed by atoms with Crippen molar-refractivity contribution in [2.75, 3.05) is 13.7 Å². The highest BCUT2D eigenvalue weighted by atomic mass is 16.6. The first-order valence-corrected chi connectivity index (χ1v) is 13.7. The number of carbonyl (C=O) groups is 3. The molecule has 43 heavy (non-hydrogen) atoms. The first-order valence-electron chi connectivity index (χ1n) is 13.7. The van der Waals surface area contributed by atoms with Gasteiger partial charge in [0.1, 0.15) is 12.2 Å².